The summed E-state index contributed by atoms with van der Waals surface area (Å²) in [6, 6.07) is 8.26. The SMILES string of the molecule is CN(CC(=O)Nc1ccc2c(c1)OCCCO2)S(=O)(=O)c1cccs1. The zero-order valence-corrected chi connectivity index (χ0v) is 15.2. The molecule has 3 rings (SSSR count). The maximum atomic E-state index is 12.3. The fraction of sp³-hybridized carbons (Fsp3) is 0.312. The van der Waals surface area contributed by atoms with Crippen LogP contribution in [0.25, 0.3) is 0 Å². The molecule has 0 aliphatic carbocycles. The highest BCUT2D eigenvalue weighted by Crippen LogP contribution is 2.32. The lowest BCUT2D eigenvalue weighted by Crippen LogP contribution is -2.34. The number of anilines is 1. The maximum absolute atomic E-state index is 12.3. The number of carbonyl (C=O) groups excluding carboxylic acids is 1. The molecule has 0 unspecified atom stereocenters. The quantitative estimate of drug-likeness (QED) is 0.857. The predicted molar refractivity (Wildman–Crippen MR) is 94.8 cm³/mol. The van der Waals surface area contributed by atoms with Gasteiger partial charge in [-0.05, 0) is 23.6 Å². The lowest BCUT2D eigenvalue weighted by Gasteiger charge is -2.16. The van der Waals surface area contributed by atoms with Gasteiger partial charge in [0.1, 0.15) is 4.21 Å². The van der Waals surface area contributed by atoms with E-state index in [0.29, 0.717) is 30.4 Å². The number of hydrogen-bond acceptors (Lipinski definition) is 6. The summed E-state index contributed by atoms with van der Waals surface area (Å²) >= 11 is 1.11. The van der Waals surface area contributed by atoms with Gasteiger partial charge in [-0.1, -0.05) is 6.07 Å². The average Bonchev–Trinajstić information content (AvgIpc) is 3.02. The van der Waals surface area contributed by atoms with Gasteiger partial charge < -0.3 is 14.8 Å². The third-order valence-corrected chi connectivity index (χ3v) is 6.73. The number of ether oxygens (including phenoxy) is 2. The van der Waals surface area contributed by atoms with Gasteiger partial charge in [0.25, 0.3) is 10.0 Å². The molecule has 1 aromatic carbocycles. The number of nitrogens with one attached hydrogen (secondary N) is 1. The van der Waals surface area contributed by atoms with E-state index in [9.17, 15) is 13.2 Å². The van der Waals surface area contributed by atoms with Gasteiger partial charge in [-0.25, -0.2) is 8.42 Å². The molecular formula is C16H18N2O5S2. The highest BCUT2D eigenvalue weighted by atomic mass is 32.2. The van der Waals surface area contributed by atoms with E-state index in [-0.39, 0.29) is 10.8 Å². The predicted octanol–water partition coefficient (Wildman–Crippen LogP) is 2.17. The third kappa shape index (κ3) is 4.12. The molecule has 134 valence electrons. The van der Waals surface area contributed by atoms with Crippen molar-refractivity contribution in [2.75, 3.05) is 32.1 Å². The van der Waals surface area contributed by atoms with Crippen LogP contribution in [0.2, 0.25) is 0 Å². The summed E-state index contributed by atoms with van der Waals surface area (Å²) < 4.78 is 37.0. The van der Waals surface area contributed by atoms with Gasteiger partial charge in [0.15, 0.2) is 11.5 Å². The lowest BCUT2D eigenvalue weighted by molar-refractivity contribution is -0.116. The number of hydrogen-bond donors (Lipinski definition) is 1. The van der Waals surface area contributed by atoms with Crippen molar-refractivity contribution >= 4 is 33.0 Å². The molecule has 1 aliphatic heterocycles. The molecular weight excluding hydrogens is 364 g/mol. The molecule has 7 nitrogen and oxygen atoms in total. The number of thiophene rings is 1. The summed E-state index contributed by atoms with van der Waals surface area (Å²) in [5.74, 6) is 0.764. The first kappa shape index (κ1) is 17.7. The molecule has 2 heterocycles. The molecule has 1 aliphatic rings. The molecule has 0 spiro atoms. The van der Waals surface area contributed by atoms with Crippen LogP contribution in [0, 0.1) is 0 Å². The summed E-state index contributed by atoms with van der Waals surface area (Å²) in [4.78, 5) is 12.2. The van der Waals surface area contributed by atoms with Crippen LogP contribution in [0.15, 0.2) is 39.9 Å². The van der Waals surface area contributed by atoms with E-state index < -0.39 is 15.9 Å². The Labute approximate surface area is 150 Å². The van der Waals surface area contributed by atoms with E-state index >= 15 is 0 Å². The first-order chi connectivity index (χ1) is 12.0. The van der Waals surface area contributed by atoms with E-state index in [1.54, 1.807) is 29.6 Å². The van der Waals surface area contributed by atoms with Crippen LogP contribution in [-0.2, 0) is 14.8 Å². The highest BCUT2D eigenvalue weighted by molar-refractivity contribution is 7.91. The first-order valence-electron chi connectivity index (χ1n) is 7.66. The molecule has 1 amide bonds. The Kier molecular flexibility index (Phi) is 5.26. The maximum Gasteiger partial charge on any atom is 0.252 e. The number of likely N-dealkylation sites (N-methyl/N-ethyl adjacent to an activating group) is 1. The number of sulfonamides is 1. The van der Waals surface area contributed by atoms with Crippen molar-refractivity contribution in [1.82, 2.24) is 4.31 Å². The fourth-order valence-electron chi connectivity index (χ4n) is 2.29. The second-order valence-corrected chi connectivity index (χ2v) is 8.67. The molecule has 0 atom stereocenters. The molecule has 1 N–H and O–H groups in total. The number of fused-ring (bicyclic) bond motifs is 1. The van der Waals surface area contributed by atoms with Crippen LogP contribution >= 0.6 is 11.3 Å². The molecule has 0 bridgehead atoms. The lowest BCUT2D eigenvalue weighted by atomic mass is 10.2. The summed E-state index contributed by atoms with van der Waals surface area (Å²) in [5, 5.41) is 4.36. The van der Waals surface area contributed by atoms with Crippen molar-refractivity contribution < 1.29 is 22.7 Å². The van der Waals surface area contributed by atoms with Gasteiger partial charge >= 0.3 is 0 Å². The molecule has 1 aromatic heterocycles. The van der Waals surface area contributed by atoms with Crippen LogP contribution in [0.3, 0.4) is 0 Å². The molecule has 0 radical (unpaired) electrons. The van der Waals surface area contributed by atoms with Crippen molar-refractivity contribution in [3.63, 3.8) is 0 Å². The number of carbonyl (C=O) groups is 1. The largest absolute Gasteiger partial charge is 0.490 e. The molecule has 0 saturated carbocycles. The van der Waals surface area contributed by atoms with Gasteiger partial charge in [-0.15, -0.1) is 11.3 Å². The van der Waals surface area contributed by atoms with Crippen molar-refractivity contribution in [2.24, 2.45) is 0 Å². The number of benzene rings is 1. The summed E-state index contributed by atoms with van der Waals surface area (Å²) in [6.45, 7) is 0.852. The van der Waals surface area contributed by atoms with Crippen LogP contribution in [0.1, 0.15) is 6.42 Å². The highest BCUT2D eigenvalue weighted by Gasteiger charge is 2.24. The number of amides is 1. The number of nitrogens with zero attached hydrogens (tertiary/aromatic N) is 1. The van der Waals surface area contributed by atoms with Crippen molar-refractivity contribution in [1.29, 1.82) is 0 Å². The fourth-order valence-corrected chi connectivity index (χ4v) is 4.62. The Balaban J connectivity index is 1.66. The standard InChI is InChI=1S/C16H18N2O5S2/c1-18(25(20,21)16-4-2-9-24-16)11-15(19)17-12-5-6-13-14(10-12)23-8-3-7-22-13/h2,4-6,9-10H,3,7-8,11H2,1H3,(H,17,19). The molecule has 25 heavy (non-hydrogen) atoms. The van der Waals surface area contributed by atoms with E-state index in [4.69, 9.17) is 9.47 Å². The van der Waals surface area contributed by atoms with Crippen molar-refractivity contribution in [3.05, 3.63) is 35.7 Å². The van der Waals surface area contributed by atoms with Gasteiger partial charge in [0, 0.05) is 25.2 Å². The van der Waals surface area contributed by atoms with E-state index in [0.717, 1.165) is 22.1 Å². The third-order valence-electron chi connectivity index (χ3n) is 3.56. The molecule has 0 saturated heterocycles. The first-order valence-corrected chi connectivity index (χ1v) is 9.98. The normalized spacial score (nSPS) is 14.2. The molecule has 9 heteroatoms. The van der Waals surface area contributed by atoms with Crippen LogP contribution < -0.4 is 14.8 Å². The Morgan fingerprint density at radius 1 is 1.24 bits per heavy atom. The van der Waals surface area contributed by atoms with Gasteiger partial charge in [0.05, 0.1) is 19.8 Å². The van der Waals surface area contributed by atoms with E-state index in [1.165, 1.54) is 13.1 Å². The second-order valence-electron chi connectivity index (χ2n) is 5.45. The second kappa shape index (κ2) is 7.42. The summed E-state index contributed by atoms with van der Waals surface area (Å²) in [7, 11) is -2.28. The smallest absolute Gasteiger partial charge is 0.252 e. The Morgan fingerprint density at radius 3 is 2.72 bits per heavy atom. The minimum absolute atomic E-state index is 0.207. The topological polar surface area (TPSA) is 84.9 Å². The van der Waals surface area contributed by atoms with Crippen LogP contribution in [-0.4, -0.2) is 45.4 Å². The molecule has 2 aromatic rings. The summed E-state index contributed by atoms with van der Waals surface area (Å²) in [6.07, 6.45) is 0.793. The molecule has 0 fully saturated rings. The zero-order chi connectivity index (χ0) is 17.9. The minimum Gasteiger partial charge on any atom is -0.490 e. The minimum atomic E-state index is -3.66. The zero-order valence-electron chi connectivity index (χ0n) is 13.6. The van der Waals surface area contributed by atoms with Gasteiger partial charge in [0.2, 0.25) is 5.91 Å². The van der Waals surface area contributed by atoms with Crippen molar-refractivity contribution in [3.8, 4) is 11.5 Å². The van der Waals surface area contributed by atoms with E-state index in [2.05, 4.69) is 5.32 Å². The Bertz CT molecular complexity index is 849. The van der Waals surface area contributed by atoms with Crippen molar-refractivity contribution in [2.45, 2.75) is 10.6 Å². The van der Waals surface area contributed by atoms with Crippen LogP contribution in [0.4, 0.5) is 5.69 Å². The Hall–Kier alpha value is -2.10. The number of rotatable bonds is 5. The summed E-state index contributed by atoms with van der Waals surface area (Å²) in [5.41, 5.74) is 0.524. The average molecular weight is 382 g/mol. The van der Waals surface area contributed by atoms with Gasteiger partial charge in [-0.2, -0.15) is 4.31 Å². The van der Waals surface area contributed by atoms with Crippen LogP contribution in [0.5, 0.6) is 11.5 Å². The van der Waals surface area contributed by atoms with Gasteiger partial charge in [-0.3, -0.25) is 4.79 Å². The monoisotopic (exact) mass is 382 g/mol. The Morgan fingerprint density at radius 2 is 2.00 bits per heavy atom. The van der Waals surface area contributed by atoms with E-state index in [1.807, 2.05) is 0 Å².